The molecule has 2 fully saturated rings. The number of Topliss-reactive ketones (excluding diaryl/α,β-unsaturated/α-hetero) is 1. The van der Waals surface area contributed by atoms with Crippen molar-refractivity contribution in [1.29, 1.82) is 0 Å². The second-order valence-corrected chi connectivity index (χ2v) is 22.1. The maximum absolute atomic E-state index is 14.3. The van der Waals surface area contributed by atoms with Crippen molar-refractivity contribution in [3.63, 3.8) is 0 Å². The fraction of sp³-hybridized carbons (Fsp3) is 0.471. The zero-order valence-electron chi connectivity index (χ0n) is 41.8. The number of amides is 2. The van der Waals surface area contributed by atoms with Crippen LogP contribution in [0.3, 0.4) is 0 Å². The van der Waals surface area contributed by atoms with Crippen molar-refractivity contribution < 1.29 is 57.0 Å². The first-order valence-corrected chi connectivity index (χ1v) is 25.7. The largest absolute Gasteiger partial charge is 0.539 e. The molecule has 71 heavy (non-hydrogen) atoms. The van der Waals surface area contributed by atoms with Crippen molar-refractivity contribution in [2.45, 2.75) is 85.0 Å². The second kappa shape index (κ2) is 22.5. The number of hydrogen-bond acceptors (Lipinski definition) is 15. The van der Waals surface area contributed by atoms with Crippen LogP contribution in [0, 0.1) is 18.3 Å². The zero-order chi connectivity index (χ0) is 51.3. The molecule has 0 saturated carbocycles. The van der Waals surface area contributed by atoms with Crippen molar-refractivity contribution in [3.8, 4) is 23.0 Å². The van der Waals surface area contributed by atoms with Crippen LogP contribution in [-0.2, 0) is 37.1 Å². The van der Waals surface area contributed by atoms with Gasteiger partial charge in [-0.3, -0.25) is 19.4 Å². The quantitative estimate of drug-likeness (QED) is 0.0314. The Morgan fingerprint density at radius 1 is 0.930 bits per heavy atom. The smallest absolute Gasteiger partial charge is 0.378 e. The Hall–Kier alpha value is -5.47. The Kier molecular flexibility index (Phi) is 16.9. The Morgan fingerprint density at radius 3 is 2.11 bits per heavy atom. The topological polar surface area (TPSA) is 169 Å². The van der Waals surface area contributed by atoms with Crippen LogP contribution in [-0.4, -0.2) is 127 Å². The van der Waals surface area contributed by atoms with E-state index in [9.17, 15) is 19.2 Å². The number of likely N-dealkylation sites (N-methyl/N-ethyl adjacent to an activating group) is 1. The highest BCUT2D eigenvalue weighted by molar-refractivity contribution is 8.00. The van der Waals surface area contributed by atoms with Gasteiger partial charge in [0, 0.05) is 36.0 Å². The van der Waals surface area contributed by atoms with Crippen molar-refractivity contribution in [3.05, 3.63) is 104 Å². The van der Waals surface area contributed by atoms with Crippen LogP contribution in [0.2, 0.25) is 5.02 Å². The summed E-state index contributed by atoms with van der Waals surface area (Å²) in [6.07, 6.45) is 1.71. The number of β-lactam (4-membered cyclic amide) rings is 1. The summed E-state index contributed by atoms with van der Waals surface area (Å²) in [5, 5.41) is 4.57. The fourth-order valence-corrected chi connectivity index (χ4v) is 10.7. The van der Waals surface area contributed by atoms with E-state index in [2.05, 4.69) is 14.5 Å². The first kappa shape index (κ1) is 53.3. The van der Waals surface area contributed by atoms with E-state index in [0.29, 0.717) is 51.3 Å². The number of ketones is 1. The minimum atomic E-state index is -0.822. The van der Waals surface area contributed by atoms with E-state index < -0.39 is 34.6 Å². The molecule has 376 valence electrons. The zero-order valence-corrected chi connectivity index (χ0v) is 44.2. The number of aryl methyl sites for hydroxylation is 1. The molecule has 3 aliphatic rings. The lowest BCUT2D eigenvalue weighted by atomic mass is 9.79. The lowest BCUT2D eigenvalue weighted by Crippen LogP contribution is -3.12. The van der Waals surface area contributed by atoms with Gasteiger partial charge >= 0.3 is 19.9 Å². The molecule has 4 aromatic rings. The van der Waals surface area contributed by atoms with Crippen LogP contribution in [0.4, 0.5) is 0 Å². The SMILES string of the molecule is [B]OC(=O)C1=C(C[N+]2(CC[NH+](C)C(=O)c3ccc(OCc4ccc(OC)cc4)c(OCc4ccc(OC)cc4)c3Cl)CCCC2)CS[C@@H]2[C@H](CC(=O)/C(=N/OC(C)(C)C(C)(C)C)c3nsc(C)n3)C(=O)N12. The number of ether oxygens (including phenoxy) is 4. The summed E-state index contributed by atoms with van der Waals surface area (Å²) < 4.78 is 32.9. The van der Waals surface area contributed by atoms with Crippen molar-refractivity contribution in [1.82, 2.24) is 14.3 Å². The van der Waals surface area contributed by atoms with Gasteiger partial charge in [-0.15, -0.1) is 11.8 Å². The highest BCUT2D eigenvalue weighted by Gasteiger charge is 2.55. The molecule has 20 heteroatoms. The summed E-state index contributed by atoms with van der Waals surface area (Å²) in [6.45, 7) is 15.0. The number of methoxy groups -OCH3 is 2. The van der Waals surface area contributed by atoms with Crippen LogP contribution < -0.4 is 23.8 Å². The van der Waals surface area contributed by atoms with Gasteiger partial charge in [-0.25, -0.2) is 14.6 Å². The van der Waals surface area contributed by atoms with E-state index in [1.54, 1.807) is 33.3 Å². The molecule has 1 unspecified atom stereocenters. The van der Waals surface area contributed by atoms with Gasteiger partial charge in [0.2, 0.25) is 5.91 Å². The monoisotopic (exact) mass is 1030 g/mol. The molecule has 3 aromatic carbocycles. The number of carbonyl (C=O) groups excluding carboxylic acids is 4. The number of rotatable bonds is 21. The van der Waals surface area contributed by atoms with Crippen LogP contribution in [0.5, 0.6) is 23.0 Å². The van der Waals surface area contributed by atoms with Crippen molar-refractivity contribution >= 4 is 72.2 Å². The highest BCUT2D eigenvalue weighted by atomic mass is 35.5. The third-order valence-electron chi connectivity index (χ3n) is 13.8. The van der Waals surface area contributed by atoms with Gasteiger partial charge in [-0.1, -0.05) is 61.8 Å². The maximum atomic E-state index is 14.3. The molecule has 1 aromatic heterocycles. The van der Waals surface area contributed by atoms with E-state index in [0.717, 1.165) is 59.9 Å². The summed E-state index contributed by atoms with van der Waals surface area (Å²) in [5.41, 5.74) is 1.74. The van der Waals surface area contributed by atoms with E-state index >= 15 is 0 Å². The standard InChI is InChI=1S/C51H61BClN6O10S2/c1-31-54-45(56-71-31)42(55-69-51(5,6)50(2,3)4)39(60)26-38-47(62)58-43(49(63)68-52)34(30-70-48(38)58)27-59(23-10-11-24-59)25-22-57(7)46(61)37-20-21-40(66-28-32-12-16-35(64-8)17-13-32)44(41(37)53)67-29-33-14-18-36(65-9)19-15-33/h12-21,38,48H,10-11,22-30H2,1-9H3/q+1/p+1/b55-42-/t38-,48-/m1/s1. The molecule has 3 aliphatic heterocycles. The molecule has 4 heterocycles. The van der Waals surface area contributed by atoms with Crippen molar-refractivity contribution in [2.75, 3.05) is 59.7 Å². The molecule has 0 spiro atoms. The Balaban J connectivity index is 1.06. The number of aromatic nitrogens is 2. The van der Waals surface area contributed by atoms with Crippen LogP contribution in [0.15, 0.2) is 77.1 Å². The van der Waals surface area contributed by atoms with E-state index in [1.165, 1.54) is 16.7 Å². The lowest BCUT2D eigenvalue weighted by Gasteiger charge is -2.50. The Morgan fingerprint density at radius 2 is 1.55 bits per heavy atom. The number of hydrogen-bond donors (Lipinski definition) is 1. The summed E-state index contributed by atoms with van der Waals surface area (Å²) >= 11 is 9.72. The number of nitrogens with one attached hydrogen (secondary N) is 1. The average molecular weight is 1030 g/mol. The normalized spacial score (nSPS) is 18.3. The van der Waals surface area contributed by atoms with Gasteiger partial charge in [-0.05, 0) is 79.8 Å². The minimum Gasteiger partial charge on any atom is -0.539 e. The van der Waals surface area contributed by atoms with Gasteiger partial charge in [0.1, 0.15) is 71.2 Å². The molecular weight excluding hydrogens is 967 g/mol. The molecule has 1 N–H and O–H groups in total. The van der Waals surface area contributed by atoms with Crippen LogP contribution >= 0.6 is 34.9 Å². The molecular formula is C51H62BClN6O10S2+2. The van der Waals surface area contributed by atoms with E-state index in [-0.39, 0.29) is 64.5 Å². The maximum Gasteiger partial charge on any atom is 0.378 e. The number of benzene rings is 3. The molecule has 7 rings (SSSR count). The number of quaternary nitrogens is 2. The van der Waals surface area contributed by atoms with Crippen LogP contribution in [0.25, 0.3) is 0 Å². The number of fused-ring (bicyclic) bond motifs is 1. The number of thioether (sulfide) groups is 1. The predicted molar refractivity (Wildman–Crippen MR) is 272 cm³/mol. The molecule has 2 radical (unpaired) electrons. The lowest BCUT2D eigenvalue weighted by molar-refractivity contribution is -0.934. The average Bonchev–Trinajstić information content (AvgIpc) is 4.02. The molecule has 2 saturated heterocycles. The number of likely N-dealkylation sites (tertiary alicyclic amines) is 1. The molecule has 0 bridgehead atoms. The van der Waals surface area contributed by atoms with E-state index in [4.69, 9.17) is 48.1 Å². The van der Waals surface area contributed by atoms with Gasteiger partial charge in [0.05, 0.1) is 45.6 Å². The van der Waals surface area contributed by atoms with Crippen LogP contribution in [0.1, 0.15) is 86.2 Å². The third kappa shape index (κ3) is 12.1. The van der Waals surface area contributed by atoms with Gasteiger partial charge < -0.3 is 32.9 Å². The third-order valence-corrected chi connectivity index (χ3v) is 16.2. The van der Waals surface area contributed by atoms with Gasteiger partial charge in [0.15, 0.2) is 28.8 Å². The highest BCUT2D eigenvalue weighted by Crippen LogP contribution is 2.46. The molecule has 0 aliphatic carbocycles. The summed E-state index contributed by atoms with van der Waals surface area (Å²) in [5.74, 6) is -0.0229. The predicted octanol–water partition coefficient (Wildman–Crippen LogP) is 6.56. The summed E-state index contributed by atoms with van der Waals surface area (Å²) in [6, 6.07) is 18.3. The minimum absolute atomic E-state index is 0.0600. The summed E-state index contributed by atoms with van der Waals surface area (Å²) in [7, 11) is 10.6. The molecule has 16 nitrogen and oxygen atoms in total. The number of halogens is 1. The fourth-order valence-electron chi connectivity index (χ4n) is 8.53. The first-order chi connectivity index (χ1) is 33.8. The number of nitrogens with zero attached hydrogens (tertiary/aromatic N) is 5. The van der Waals surface area contributed by atoms with E-state index in [1.807, 2.05) is 90.2 Å². The van der Waals surface area contributed by atoms with Crippen molar-refractivity contribution in [2.24, 2.45) is 16.5 Å². The van der Waals surface area contributed by atoms with Gasteiger partial charge in [-0.2, -0.15) is 4.37 Å². The molecule has 3 atom stereocenters. The molecule has 2 amide bonds. The first-order valence-electron chi connectivity index (χ1n) is 23.5. The Bertz CT molecular complexity index is 2670. The second-order valence-electron chi connectivity index (χ2n) is 19.7. The van der Waals surface area contributed by atoms with Gasteiger partial charge in [0.25, 0.3) is 0 Å². The number of oxime groups is 1. The Labute approximate surface area is 430 Å². The number of carbonyl (C=O) groups is 4. The summed E-state index contributed by atoms with van der Waals surface area (Å²) in [4.78, 5) is 68.4.